The van der Waals surface area contributed by atoms with Crippen molar-refractivity contribution >= 4 is 0 Å². The third-order valence-electron chi connectivity index (χ3n) is 3.61. The minimum atomic E-state index is 0.609. The summed E-state index contributed by atoms with van der Waals surface area (Å²) >= 11 is 0. The molecule has 2 rings (SSSR count). The van der Waals surface area contributed by atoms with Crippen LogP contribution >= 0.6 is 0 Å². The maximum Gasteiger partial charge on any atom is 0.0580 e. The average Bonchev–Trinajstić information content (AvgIpc) is 2.44. The molecular formula is C11H20O. The Hall–Kier alpha value is -0.0400. The number of hydrogen-bond donors (Lipinski definition) is 0. The van der Waals surface area contributed by atoms with Crippen LogP contribution in [0.3, 0.4) is 0 Å². The Bertz CT molecular complexity index is 141. The van der Waals surface area contributed by atoms with Crippen LogP contribution in [0.4, 0.5) is 0 Å². The van der Waals surface area contributed by atoms with Crippen molar-refractivity contribution in [1.82, 2.24) is 0 Å². The molecule has 0 amide bonds. The Balaban J connectivity index is 1.85. The van der Waals surface area contributed by atoms with Gasteiger partial charge in [-0.15, -0.1) is 0 Å². The molecule has 0 N–H and O–H groups in total. The van der Waals surface area contributed by atoms with Crippen molar-refractivity contribution in [3.8, 4) is 0 Å². The molecule has 1 heteroatoms. The van der Waals surface area contributed by atoms with Crippen molar-refractivity contribution in [3.05, 3.63) is 0 Å². The van der Waals surface area contributed by atoms with E-state index in [2.05, 4.69) is 13.8 Å². The van der Waals surface area contributed by atoms with Crippen LogP contribution in [0, 0.1) is 17.8 Å². The van der Waals surface area contributed by atoms with Gasteiger partial charge in [0.1, 0.15) is 0 Å². The van der Waals surface area contributed by atoms with E-state index in [1.54, 1.807) is 0 Å². The lowest BCUT2D eigenvalue weighted by Gasteiger charge is -2.11. The Kier molecular flexibility index (Phi) is 2.40. The fourth-order valence-corrected chi connectivity index (χ4v) is 3.24. The molecule has 0 unspecified atom stereocenters. The van der Waals surface area contributed by atoms with Crippen LogP contribution in [-0.2, 0) is 4.74 Å². The van der Waals surface area contributed by atoms with Gasteiger partial charge in [0, 0.05) is 6.61 Å². The third-order valence-corrected chi connectivity index (χ3v) is 3.61. The van der Waals surface area contributed by atoms with Crippen LogP contribution in [0.2, 0.25) is 0 Å². The fourth-order valence-electron chi connectivity index (χ4n) is 3.24. The molecule has 0 heterocycles. The van der Waals surface area contributed by atoms with Gasteiger partial charge in [-0.05, 0) is 50.4 Å². The molecule has 2 fully saturated rings. The van der Waals surface area contributed by atoms with Crippen LogP contribution in [0.1, 0.15) is 39.5 Å². The van der Waals surface area contributed by atoms with Gasteiger partial charge in [-0.3, -0.25) is 0 Å². The van der Waals surface area contributed by atoms with Crippen molar-refractivity contribution in [2.45, 2.75) is 45.6 Å². The second kappa shape index (κ2) is 3.37. The largest absolute Gasteiger partial charge is 0.378 e. The zero-order valence-corrected chi connectivity index (χ0v) is 8.25. The van der Waals surface area contributed by atoms with Crippen molar-refractivity contribution in [1.29, 1.82) is 0 Å². The standard InChI is InChI=1S/C11H20O/c1-3-12-11-6-9-4-8(2)5-10(9)7-11/h8-11H,3-7H2,1-2H3/t8-,9-,10+,11+. The molecule has 2 aliphatic carbocycles. The lowest BCUT2D eigenvalue weighted by Crippen LogP contribution is -2.09. The molecule has 1 nitrogen and oxygen atoms in total. The summed E-state index contributed by atoms with van der Waals surface area (Å²) in [5.74, 6) is 3.01. The average molecular weight is 168 g/mol. The zero-order valence-electron chi connectivity index (χ0n) is 8.25. The maximum atomic E-state index is 5.67. The van der Waals surface area contributed by atoms with Crippen molar-refractivity contribution in [2.75, 3.05) is 6.61 Å². The van der Waals surface area contributed by atoms with Gasteiger partial charge in [0.15, 0.2) is 0 Å². The van der Waals surface area contributed by atoms with Crippen LogP contribution in [0.15, 0.2) is 0 Å². The summed E-state index contributed by atoms with van der Waals surface area (Å²) in [6.07, 6.45) is 6.24. The highest BCUT2D eigenvalue weighted by Crippen LogP contribution is 2.47. The minimum Gasteiger partial charge on any atom is -0.378 e. The van der Waals surface area contributed by atoms with Crippen LogP contribution in [0.5, 0.6) is 0 Å². The fraction of sp³-hybridized carbons (Fsp3) is 1.00. The van der Waals surface area contributed by atoms with Crippen molar-refractivity contribution < 1.29 is 4.74 Å². The van der Waals surface area contributed by atoms with E-state index in [9.17, 15) is 0 Å². The maximum absolute atomic E-state index is 5.67. The minimum absolute atomic E-state index is 0.609. The molecule has 0 aromatic carbocycles. The monoisotopic (exact) mass is 168 g/mol. The molecule has 0 spiro atoms. The molecule has 0 aromatic heterocycles. The molecule has 2 saturated carbocycles. The van der Waals surface area contributed by atoms with E-state index < -0.39 is 0 Å². The Morgan fingerprint density at radius 3 is 2.17 bits per heavy atom. The molecule has 0 bridgehead atoms. The zero-order chi connectivity index (χ0) is 8.55. The Morgan fingerprint density at radius 2 is 1.67 bits per heavy atom. The number of fused-ring (bicyclic) bond motifs is 1. The quantitative estimate of drug-likeness (QED) is 0.616. The van der Waals surface area contributed by atoms with Gasteiger partial charge in [0.25, 0.3) is 0 Å². The molecule has 0 saturated heterocycles. The predicted octanol–water partition coefficient (Wildman–Crippen LogP) is 2.85. The van der Waals surface area contributed by atoms with Gasteiger partial charge in [-0.25, -0.2) is 0 Å². The predicted molar refractivity (Wildman–Crippen MR) is 50.0 cm³/mol. The summed E-state index contributed by atoms with van der Waals surface area (Å²) in [7, 11) is 0. The second-order valence-electron chi connectivity index (χ2n) is 4.65. The molecule has 0 aliphatic heterocycles. The van der Waals surface area contributed by atoms with Gasteiger partial charge in [0.05, 0.1) is 6.10 Å². The summed E-state index contributed by atoms with van der Waals surface area (Å²) in [5.41, 5.74) is 0. The topological polar surface area (TPSA) is 9.23 Å². The van der Waals surface area contributed by atoms with Crippen LogP contribution in [-0.4, -0.2) is 12.7 Å². The summed E-state index contributed by atoms with van der Waals surface area (Å²) in [5, 5.41) is 0. The molecule has 70 valence electrons. The highest BCUT2D eigenvalue weighted by Gasteiger charge is 2.40. The first kappa shape index (κ1) is 8.55. The highest BCUT2D eigenvalue weighted by molar-refractivity contribution is 4.90. The van der Waals surface area contributed by atoms with Crippen molar-refractivity contribution in [3.63, 3.8) is 0 Å². The van der Waals surface area contributed by atoms with Gasteiger partial charge in [0.2, 0.25) is 0 Å². The van der Waals surface area contributed by atoms with E-state index in [-0.39, 0.29) is 0 Å². The summed E-state index contributed by atoms with van der Waals surface area (Å²) in [6, 6.07) is 0. The summed E-state index contributed by atoms with van der Waals surface area (Å²) in [4.78, 5) is 0. The third kappa shape index (κ3) is 1.52. The number of ether oxygens (including phenoxy) is 1. The molecule has 0 aromatic rings. The van der Waals surface area contributed by atoms with Crippen LogP contribution in [0.25, 0.3) is 0 Å². The Labute approximate surface area is 75.5 Å². The van der Waals surface area contributed by atoms with E-state index >= 15 is 0 Å². The smallest absolute Gasteiger partial charge is 0.0580 e. The normalized spacial score (nSPS) is 46.5. The molecule has 12 heavy (non-hydrogen) atoms. The molecular weight excluding hydrogens is 148 g/mol. The SMILES string of the molecule is CCO[C@H]1C[C@H]2C[C@@H](C)C[C@H]2C1. The van der Waals surface area contributed by atoms with Gasteiger partial charge in [-0.1, -0.05) is 6.92 Å². The first-order valence-corrected chi connectivity index (χ1v) is 5.41. The lowest BCUT2D eigenvalue weighted by atomic mass is 10.0. The first-order chi connectivity index (χ1) is 5.79. The number of hydrogen-bond acceptors (Lipinski definition) is 1. The highest BCUT2D eigenvalue weighted by atomic mass is 16.5. The van der Waals surface area contributed by atoms with Crippen LogP contribution < -0.4 is 0 Å². The summed E-state index contributed by atoms with van der Waals surface area (Å²) in [6.45, 7) is 5.41. The van der Waals surface area contributed by atoms with E-state index in [4.69, 9.17) is 4.74 Å². The second-order valence-corrected chi connectivity index (χ2v) is 4.65. The first-order valence-electron chi connectivity index (χ1n) is 5.41. The molecule has 2 aliphatic rings. The number of rotatable bonds is 2. The van der Waals surface area contributed by atoms with E-state index in [1.165, 1.54) is 25.7 Å². The molecule has 0 radical (unpaired) electrons. The van der Waals surface area contributed by atoms with E-state index in [0.717, 1.165) is 24.4 Å². The lowest BCUT2D eigenvalue weighted by molar-refractivity contribution is 0.0611. The van der Waals surface area contributed by atoms with Gasteiger partial charge < -0.3 is 4.74 Å². The van der Waals surface area contributed by atoms with Gasteiger partial charge >= 0.3 is 0 Å². The van der Waals surface area contributed by atoms with Gasteiger partial charge in [-0.2, -0.15) is 0 Å². The van der Waals surface area contributed by atoms with E-state index in [1.807, 2.05) is 0 Å². The van der Waals surface area contributed by atoms with Crippen molar-refractivity contribution in [2.24, 2.45) is 17.8 Å². The summed E-state index contributed by atoms with van der Waals surface area (Å²) < 4.78 is 5.67. The molecule has 4 atom stereocenters. The van der Waals surface area contributed by atoms with E-state index in [0.29, 0.717) is 6.10 Å². The Morgan fingerprint density at radius 1 is 1.08 bits per heavy atom.